The fourth-order valence-electron chi connectivity index (χ4n) is 2.75. The minimum absolute atomic E-state index is 0.284. The summed E-state index contributed by atoms with van der Waals surface area (Å²) in [6.07, 6.45) is 3.93. The number of rotatable bonds is 4. The van der Waals surface area contributed by atoms with E-state index < -0.39 is 0 Å². The molecule has 1 N–H and O–H groups in total. The van der Waals surface area contributed by atoms with E-state index in [1.165, 1.54) is 0 Å². The maximum absolute atomic E-state index is 4.47. The van der Waals surface area contributed by atoms with Gasteiger partial charge in [0.15, 0.2) is 5.96 Å². The van der Waals surface area contributed by atoms with Gasteiger partial charge in [-0.05, 0) is 19.8 Å². The highest BCUT2D eigenvalue weighted by Crippen LogP contribution is 2.29. The van der Waals surface area contributed by atoms with Crippen molar-refractivity contribution in [2.75, 3.05) is 25.9 Å². The van der Waals surface area contributed by atoms with Crippen molar-refractivity contribution in [1.29, 1.82) is 0 Å². The van der Waals surface area contributed by atoms with Crippen molar-refractivity contribution in [3.63, 3.8) is 0 Å². The van der Waals surface area contributed by atoms with Crippen LogP contribution >= 0.6 is 11.8 Å². The molecule has 124 valence electrons. The fraction of sp³-hybridized carbons (Fsp3) is 0.750. The normalized spacial score (nSPS) is 18.8. The van der Waals surface area contributed by atoms with Gasteiger partial charge >= 0.3 is 0 Å². The summed E-state index contributed by atoms with van der Waals surface area (Å²) in [5.74, 6) is 3.82. The van der Waals surface area contributed by atoms with Crippen LogP contribution in [-0.2, 0) is 13.1 Å². The van der Waals surface area contributed by atoms with E-state index in [9.17, 15) is 0 Å². The van der Waals surface area contributed by atoms with Crippen molar-refractivity contribution >= 4 is 17.7 Å². The third-order valence-corrected chi connectivity index (χ3v) is 5.00. The van der Waals surface area contributed by atoms with Crippen LogP contribution in [0, 0.1) is 5.92 Å². The number of imidazole rings is 1. The molecule has 5 nitrogen and oxygen atoms in total. The molecule has 0 aromatic carbocycles. The molecule has 0 aliphatic carbocycles. The quantitative estimate of drug-likeness (QED) is 0.683. The average Bonchev–Trinajstić information content (AvgIpc) is 2.85. The largest absolute Gasteiger partial charge is 0.349 e. The number of nitrogens with one attached hydrogen (secondary N) is 1. The maximum atomic E-state index is 4.47. The molecule has 1 saturated heterocycles. The monoisotopic (exact) mass is 323 g/mol. The molecule has 1 aromatic rings. The van der Waals surface area contributed by atoms with Crippen molar-refractivity contribution in [2.45, 2.75) is 45.5 Å². The molecule has 1 aliphatic heterocycles. The van der Waals surface area contributed by atoms with Gasteiger partial charge in [0.25, 0.3) is 0 Å². The van der Waals surface area contributed by atoms with Crippen LogP contribution in [0.1, 0.15) is 33.5 Å². The van der Waals surface area contributed by atoms with Gasteiger partial charge < -0.3 is 14.8 Å². The summed E-state index contributed by atoms with van der Waals surface area (Å²) in [5.41, 5.74) is 0. The third-order valence-electron chi connectivity index (χ3n) is 3.71. The molecule has 1 aromatic heterocycles. The molecule has 1 aliphatic rings. The Kier molecular flexibility index (Phi) is 5.78. The lowest BCUT2D eigenvalue weighted by Crippen LogP contribution is -2.50. The molecular formula is C16H29N5S. The lowest BCUT2D eigenvalue weighted by atomic mass is 10.2. The van der Waals surface area contributed by atoms with Crippen LogP contribution in [0.3, 0.4) is 0 Å². The van der Waals surface area contributed by atoms with Crippen LogP contribution in [0.2, 0.25) is 0 Å². The topological polar surface area (TPSA) is 45.5 Å². The van der Waals surface area contributed by atoms with Gasteiger partial charge in [0.1, 0.15) is 5.82 Å². The summed E-state index contributed by atoms with van der Waals surface area (Å²) >= 11 is 2.04. The Bertz CT molecular complexity index is 506. The molecule has 2 rings (SSSR count). The number of thioether (sulfide) groups is 1. The van der Waals surface area contributed by atoms with Crippen molar-refractivity contribution in [3.8, 4) is 0 Å². The number of hydrogen-bond donors (Lipinski definition) is 1. The van der Waals surface area contributed by atoms with E-state index >= 15 is 0 Å². The third kappa shape index (κ3) is 4.66. The minimum atomic E-state index is 0.284. The summed E-state index contributed by atoms with van der Waals surface area (Å²) in [5, 5.41) is 3.48. The van der Waals surface area contributed by atoms with E-state index in [-0.39, 0.29) is 4.75 Å². The Balaban J connectivity index is 1.96. The number of aliphatic imine (C=N–C) groups is 1. The van der Waals surface area contributed by atoms with Crippen molar-refractivity contribution in [3.05, 3.63) is 18.2 Å². The van der Waals surface area contributed by atoms with Crippen molar-refractivity contribution in [2.24, 2.45) is 10.9 Å². The number of hydrogen-bond acceptors (Lipinski definition) is 3. The Hall–Kier alpha value is -1.17. The van der Waals surface area contributed by atoms with E-state index in [1.807, 2.05) is 25.0 Å². The molecule has 0 unspecified atom stereocenters. The van der Waals surface area contributed by atoms with Crippen LogP contribution in [0.5, 0.6) is 0 Å². The summed E-state index contributed by atoms with van der Waals surface area (Å²) < 4.78 is 2.51. The van der Waals surface area contributed by atoms with E-state index in [2.05, 4.69) is 58.7 Å². The van der Waals surface area contributed by atoms with Gasteiger partial charge in [0.05, 0.1) is 6.54 Å². The minimum Gasteiger partial charge on any atom is -0.349 e. The first kappa shape index (κ1) is 17.2. The maximum Gasteiger partial charge on any atom is 0.194 e. The van der Waals surface area contributed by atoms with E-state index in [1.54, 1.807) is 0 Å². The second-order valence-electron chi connectivity index (χ2n) is 6.82. The van der Waals surface area contributed by atoms with Crippen molar-refractivity contribution in [1.82, 2.24) is 19.8 Å². The van der Waals surface area contributed by atoms with E-state index in [0.29, 0.717) is 5.92 Å². The molecule has 0 bridgehead atoms. The Morgan fingerprint density at radius 1 is 1.50 bits per heavy atom. The van der Waals surface area contributed by atoms with Crippen LogP contribution in [-0.4, -0.2) is 51.0 Å². The zero-order valence-corrected chi connectivity index (χ0v) is 15.3. The summed E-state index contributed by atoms with van der Waals surface area (Å²) in [6.45, 7) is 12.8. The predicted molar refractivity (Wildman–Crippen MR) is 95.4 cm³/mol. The second kappa shape index (κ2) is 7.40. The van der Waals surface area contributed by atoms with Crippen LogP contribution in [0.4, 0.5) is 0 Å². The lowest BCUT2D eigenvalue weighted by Gasteiger charge is -2.39. The highest BCUT2D eigenvalue weighted by Gasteiger charge is 2.28. The standard InChI is InChI=1S/C16H29N5S/c1-13(2)11-20-7-6-18-14(20)10-19-15(17-5)21-8-9-22-16(3,4)12-21/h6-7,13H,8-12H2,1-5H3,(H,17,19). The molecule has 22 heavy (non-hydrogen) atoms. The van der Waals surface area contributed by atoms with Gasteiger partial charge in [-0.15, -0.1) is 0 Å². The predicted octanol–water partition coefficient (Wildman–Crippen LogP) is 2.44. The first-order valence-corrected chi connectivity index (χ1v) is 8.99. The lowest BCUT2D eigenvalue weighted by molar-refractivity contribution is 0.374. The Labute approximate surface area is 138 Å². The van der Waals surface area contributed by atoms with Gasteiger partial charge in [-0.3, -0.25) is 4.99 Å². The SMILES string of the molecule is CN=C(NCc1nccn1CC(C)C)N1CCSC(C)(C)C1. The molecule has 0 radical (unpaired) electrons. The van der Waals surface area contributed by atoms with Crippen molar-refractivity contribution < 1.29 is 0 Å². The average molecular weight is 324 g/mol. The number of aromatic nitrogens is 2. The smallest absolute Gasteiger partial charge is 0.194 e. The van der Waals surface area contributed by atoms with E-state index in [4.69, 9.17) is 0 Å². The first-order chi connectivity index (χ1) is 10.4. The molecule has 6 heteroatoms. The van der Waals surface area contributed by atoms with Gasteiger partial charge in [-0.2, -0.15) is 11.8 Å². The summed E-state index contributed by atoms with van der Waals surface area (Å²) in [4.78, 5) is 11.3. The zero-order chi connectivity index (χ0) is 16.2. The van der Waals surface area contributed by atoms with Crippen LogP contribution in [0.15, 0.2) is 17.4 Å². The Morgan fingerprint density at radius 2 is 2.27 bits per heavy atom. The van der Waals surface area contributed by atoms with Gasteiger partial charge in [-0.25, -0.2) is 4.98 Å². The van der Waals surface area contributed by atoms with Gasteiger partial charge in [0, 0.05) is 49.6 Å². The molecule has 0 saturated carbocycles. The van der Waals surface area contributed by atoms with Gasteiger partial charge in [-0.1, -0.05) is 13.8 Å². The number of guanidine groups is 1. The van der Waals surface area contributed by atoms with Crippen LogP contribution in [0.25, 0.3) is 0 Å². The van der Waals surface area contributed by atoms with E-state index in [0.717, 1.165) is 43.7 Å². The highest BCUT2D eigenvalue weighted by molar-refractivity contribution is 8.00. The molecule has 0 atom stereocenters. The molecule has 2 heterocycles. The molecule has 0 amide bonds. The molecule has 1 fully saturated rings. The fourth-order valence-corrected chi connectivity index (χ4v) is 3.87. The highest BCUT2D eigenvalue weighted by atomic mass is 32.2. The summed E-state index contributed by atoms with van der Waals surface area (Å²) in [7, 11) is 1.86. The summed E-state index contributed by atoms with van der Waals surface area (Å²) in [6, 6.07) is 0. The van der Waals surface area contributed by atoms with Crippen LogP contribution < -0.4 is 5.32 Å². The molecular weight excluding hydrogens is 294 g/mol. The molecule has 0 spiro atoms. The number of nitrogens with zero attached hydrogens (tertiary/aromatic N) is 4. The zero-order valence-electron chi connectivity index (χ0n) is 14.5. The Morgan fingerprint density at radius 3 is 2.91 bits per heavy atom. The first-order valence-electron chi connectivity index (χ1n) is 8.01. The second-order valence-corrected chi connectivity index (χ2v) is 8.62. The van der Waals surface area contributed by atoms with Gasteiger partial charge in [0.2, 0.25) is 0 Å².